The van der Waals surface area contributed by atoms with Gasteiger partial charge in [0.2, 0.25) is 15.9 Å². The Bertz CT molecular complexity index is 526. The van der Waals surface area contributed by atoms with Gasteiger partial charge in [0.1, 0.15) is 0 Å². The Morgan fingerprint density at radius 3 is 2.37 bits per heavy atom. The van der Waals surface area contributed by atoms with E-state index in [4.69, 9.17) is 5.73 Å². The number of carbonyl (C=O) groups is 1. The lowest BCUT2D eigenvalue weighted by Crippen LogP contribution is -2.28. The van der Waals surface area contributed by atoms with Crippen LogP contribution in [0.4, 0.5) is 0 Å². The number of rotatable bonds is 7. The molecular weight excluding hydrogens is 266 g/mol. The number of sulfonamides is 1. The van der Waals surface area contributed by atoms with Gasteiger partial charge in [-0.3, -0.25) is 4.79 Å². The van der Waals surface area contributed by atoms with E-state index in [2.05, 4.69) is 10.0 Å². The average molecular weight is 285 g/mol. The first-order valence-electron chi connectivity index (χ1n) is 5.92. The van der Waals surface area contributed by atoms with Gasteiger partial charge >= 0.3 is 0 Å². The lowest BCUT2D eigenvalue weighted by molar-refractivity contribution is -0.117. The maximum Gasteiger partial charge on any atom is 0.240 e. The van der Waals surface area contributed by atoms with Gasteiger partial charge < -0.3 is 11.1 Å². The molecule has 4 N–H and O–H groups in total. The number of nitrogens with one attached hydrogen (secondary N) is 2. The second-order valence-corrected chi connectivity index (χ2v) is 5.96. The van der Waals surface area contributed by atoms with Crippen LogP contribution < -0.4 is 15.8 Å². The number of hydrogen-bond donors (Lipinski definition) is 3. The molecule has 0 aliphatic heterocycles. The molecule has 0 radical (unpaired) electrons. The largest absolute Gasteiger partial charge is 0.370 e. The summed E-state index contributed by atoms with van der Waals surface area (Å²) in [4.78, 5) is 10.7. The van der Waals surface area contributed by atoms with Crippen molar-refractivity contribution >= 4 is 15.9 Å². The summed E-state index contributed by atoms with van der Waals surface area (Å²) >= 11 is 0. The molecule has 1 aromatic rings. The van der Waals surface area contributed by atoms with Crippen LogP contribution in [0, 0.1) is 0 Å². The summed E-state index contributed by atoms with van der Waals surface area (Å²) in [5.41, 5.74) is 5.95. The molecule has 1 aromatic carbocycles. The van der Waals surface area contributed by atoms with E-state index in [1.165, 1.54) is 12.1 Å². The van der Waals surface area contributed by atoms with E-state index in [1.54, 1.807) is 12.1 Å². The molecule has 0 aromatic heterocycles. The Morgan fingerprint density at radius 2 is 1.89 bits per heavy atom. The van der Waals surface area contributed by atoms with E-state index in [9.17, 15) is 13.2 Å². The normalized spacial score (nSPS) is 13.2. The number of primary amides is 1. The van der Waals surface area contributed by atoms with Crippen LogP contribution in [-0.4, -0.2) is 27.9 Å². The first-order valence-corrected chi connectivity index (χ1v) is 7.40. The van der Waals surface area contributed by atoms with Crippen LogP contribution in [0.2, 0.25) is 0 Å². The van der Waals surface area contributed by atoms with E-state index in [0.29, 0.717) is 0 Å². The minimum atomic E-state index is -3.58. The maximum atomic E-state index is 11.9. The van der Waals surface area contributed by atoms with Crippen molar-refractivity contribution in [3.05, 3.63) is 29.8 Å². The van der Waals surface area contributed by atoms with Crippen LogP contribution in [0.25, 0.3) is 0 Å². The van der Waals surface area contributed by atoms with Gasteiger partial charge in [-0.15, -0.1) is 0 Å². The van der Waals surface area contributed by atoms with E-state index in [0.717, 1.165) is 5.56 Å². The Morgan fingerprint density at radius 1 is 1.32 bits per heavy atom. The predicted molar refractivity (Wildman–Crippen MR) is 72.9 cm³/mol. The standard InChI is InChI=1S/C12H19N3O3S/c1-9(14-2)10-3-5-11(6-4-10)19(17,18)15-8-7-12(13)16/h3-6,9,14-15H,7-8H2,1-2H3,(H2,13,16). The van der Waals surface area contributed by atoms with E-state index < -0.39 is 15.9 Å². The Kier molecular flexibility index (Phi) is 5.46. The van der Waals surface area contributed by atoms with Crippen molar-refractivity contribution in [2.75, 3.05) is 13.6 Å². The zero-order valence-corrected chi connectivity index (χ0v) is 11.8. The fraction of sp³-hybridized carbons (Fsp3) is 0.417. The van der Waals surface area contributed by atoms with Crippen LogP contribution in [0.5, 0.6) is 0 Å². The van der Waals surface area contributed by atoms with Gasteiger partial charge in [0.15, 0.2) is 0 Å². The van der Waals surface area contributed by atoms with Gasteiger partial charge in [0.25, 0.3) is 0 Å². The van der Waals surface area contributed by atoms with Crippen LogP contribution >= 0.6 is 0 Å². The first kappa shape index (κ1) is 15.6. The summed E-state index contributed by atoms with van der Waals surface area (Å²) in [7, 11) is -1.75. The quantitative estimate of drug-likeness (QED) is 0.662. The number of amides is 1. The number of hydrogen-bond acceptors (Lipinski definition) is 4. The smallest absolute Gasteiger partial charge is 0.240 e. The second-order valence-electron chi connectivity index (χ2n) is 4.19. The van der Waals surface area contributed by atoms with Crippen molar-refractivity contribution in [1.29, 1.82) is 0 Å². The topological polar surface area (TPSA) is 101 Å². The van der Waals surface area contributed by atoms with Crippen LogP contribution in [-0.2, 0) is 14.8 Å². The molecule has 1 amide bonds. The second kappa shape index (κ2) is 6.65. The van der Waals surface area contributed by atoms with Crippen molar-refractivity contribution in [2.45, 2.75) is 24.3 Å². The summed E-state index contributed by atoms with van der Waals surface area (Å²) < 4.78 is 26.1. The molecule has 7 heteroatoms. The Hall–Kier alpha value is -1.44. The zero-order chi connectivity index (χ0) is 14.5. The Balaban J connectivity index is 2.76. The maximum absolute atomic E-state index is 11.9. The fourth-order valence-electron chi connectivity index (χ4n) is 1.49. The minimum absolute atomic E-state index is 0.00629. The molecule has 0 saturated heterocycles. The van der Waals surface area contributed by atoms with Gasteiger partial charge in [-0.25, -0.2) is 13.1 Å². The molecule has 0 fully saturated rings. The molecule has 0 saturated carbocycles. The average Bonchev–Trinajstić information content (AvgIpc) is 2.37. The lowest BCUT2D eigenvalue weighted by Gasteiger charge is -2.11. The molecule has 106 valence electrons. The van der Waals surface area contributed by atoms with Crippen molar-refractivity contribution in [3.8, 4) is 0 Å². The molecule has 1 rings (SSSR count). The van der Waals surface area contributed by atoms with Gasteiger partial charge in [0, 0.05) is 19.0 Å². The summed E-state index contributed by atoms with van der Waals surface area (Å²) in [6.07, 6.45) is -0.0197. The monoisotopic (exact) mass is 285 g/mol. The molecule has 6 nitrogen and oxygen atoms in total. The van der Waals surface area contributed by atoms with Gasteiger partial charge in [-0.1, -0.05) is 12.1 Å². The van der Waals surface area contributed by atoms with Gasteiger partial charge in [-0.2, -0.15) is 0 Å². The number of carbonyl (C=O) groups excluding carboxylic acids is 1. The zero-order valence-electron chi connectivity index (χ0n) is 11.0. The molecule has 0 aliphatic carbocycles. The Labute approximate surface area is 113 Å². The third kappa shape index (κ3) is 4.62. The van der Waals surface area contributed by atoms with Gasteiger partial charge in [0.05, 0.1) is 4.90 Å². The molecule has 0 heterocycles. The molecular formula is C12H19N3O3S. The first-order chi connectivity index (χ1) is 8.86. The third-order valence-corrected chi connectivity index (χ3v) is 4.26. The van der Waals surface area contributed by atoms with Crippen molar-refractivity contribution in [3.63, 3.8) is 0 Å². The van der Waals surface area contributed by atoms with Gasteiger partial charge in [-0.05, 0) is 31.7 Å². The fourth-order valence-corrected chi connectivity index (χ4v) is 2.53. The van der Waals surface area contributed by atoms with Crippen LogP contribution in [0.15, 0.2) is 29.2 Å². The summed E-state index contributed by atoms with van der Waals surface area (Å²) in [6, 6.07) is 6.73. The molecule has 1 atom stereocenters. The highest BCUT2D eigenvalue weighted by molar-refractivity contribution is 7.89. The highest BCUT2D eigenvalue weighted by Crippen LogP contribution is 2.15. The summed E-state index contributed by atoms with van der Waals surface area (Å²) in [6.45, 7) is 1.99. The third-order valence-electron chi connectivity index (χ3n) is 2.79. The molecule has 19 heavy (non-hydrogen) atoms. The number of benzene rings is 1. The van der Waals surface area contributed by atoms with E-state index >= 15 is 0 Å². The van der Waals surface area contributed by atoms with Crippen LogP contribution in [0.3, 0.4) is 0 Å². The van der Waals surface area contributed by atoms with Crippen molar-refractivity contribution in [1.82, 2.24) is 10.0 Å². The predicted octanol–water partition coefficient (Wildman–Crippen LogP) is 0.121. The molecule has 0 aliphatic rings. The van der Waals surface area contributed by atoms with E-state index in [1.807, 2.05) is 14.0 Å². The minimum Gasteiger partial charge on any atom is -0.370 e. The lowest BCUT2D eigenvalue weighted by atomic mass is 10.1. The van der Waals surface area contributed by atoms with E-state index in [-0.39, 0.29) is 23.9 Å². The highest BCUT2D eigenvalue weighted by atomic mass is 32.2. The molecule has 0 spiro atoms. The molecule has 1 unspecified atom stereocenters. The SMILES string of the molecule is CNC(C)c1ccc(S(=O)(=O)NCCC(N)=O)cc1. The molecule has 0 bridgehead atoms. The summed E-state index contributed by atoms with van der Waals surface area (Å²) in [5, 5.41) is 3.07. The van der Waals surface area contributed by atoms with Crippen molar-refractivity contribution in [2.24, 2.45) is 5.73 Å². The van der Waals surface area contributed by atoms with Crippen molar-refractivity contribution < 1.29 is 13.2 Å². The summed E-state index contributed by atoms with van der Waals surface area (Å²) in [5.74, 6) is -0.541. The highest BCUT2D eigenvalue weighted by Gasteiger charge is 2.14. The van der Waals surface area contributed by atoms with Crippen LogP contribution in [0.1, 0.15) is 24.9 Å². The number of nitrogens with two attached hydrogens (primary N) is 1.